The van der Waals surface area contributed by atoms with Gasteiger partial charge in [-0.25, -0.2) is 0 Å². The monoisotopic (exact) mass is 278 g/mol. The number of rotatable bonds is 7. The average Bonchev–Trinajstić information content (AvgIpc) is 2.90. The molecular weight excluding hydrogens is 252 g/mol. The molecule has 0 amide bonds. The molecule has 1 heterocycles. The van der Waals surface area contributed by atoms with Gasteiger partial charge in [0.15, 0.2) is 0 Å². The minimum Gasteiger partial charge on any atom is -0.494 e. The Hall–Kier alpha value is -1.42. The van der Waals surface area contributed by atoms with Crippen LogP contribution in [0.4, 0.5) is 5.69 Å². The van der Waals surface area contributed by atoms with Crippen LogP contribution in [-0.2, 0) is 0 Å². The number of nitrogens with zero attached hydrogens (tertiary/aromatic N) is 1. The molecule has 1 N–H and O–H groups in total. The Morgan fingerprint density at radius 3 is 2.70 bits per heavy atom. The third-order valence-corrected chi connectivity index (χ3v) is 3.56. The van der Waals surface area contributed by atoms with Crippen LogP contribution < -0.4 is 19.7 Å². The van der Waals surface area contributed by atoms with Gasteiger partial charge in [-0.15, -0.1) is 0 Å². The molecule has 1 aromatic carbocycles. The summed E-state index contributed by atoms with van der Waals surface area (Å²) in [5.74, 6) is 1.87. The first-order chi connectivity index (χ1) is 9.78. The number of likely N-dealkylation sites (N-methyl/N-ethyl adjacent to an activating group) is 1. The molecule has 2 rings (SSSR count). The van der Waals surface area contributed by atoms with Crippen LogP contribution in [0.25, 0.3) is 0 Å². The second-order valence-corrected chi connectivity index (χ2v) is 4.98. The zero-order valence-corrected chi connectivity index (χ0v) is 12.8. The number of anilines is 1. The van der Waals surface area contributed by atoms with E-state index in [2.05, 4.69) is 23.2 Å². The van der Waals surface area contributed by atoms with Crippen LogP contribution in [0.5, 0.6) is 11.5 Å². The zero-order valence-electron chi connectivity index (χ0n) is 12.8. The van der Waals surface area contributed by atoms with Crippen LogP contribution in [0.1, 0.15) is 27.2 Å². The second-order valence-electron chi connectivity index (χ2n) is 4.98. The molecule has 4 heteroatoms. The molecule has 0 spiro atoms. The molecule has 20 heavy (non-hydrogen) atoms. The van der Waals surface area contributed by atoms with Crippen LogP contribution >= 0.6 is 0 Å². The zero-order chi connectivity index (χ0) is 14.4. The molecule has 0 bridgehead atoms. The molecule has 112 valence electrons. The third-order valence-electron chi connectivity index (χ3n) is 3.56. The summed E-state index contributed by atoms with van der Waals surface area (Å²) < 4.78 is 11.4. The summed E-state index contributed by atoms with van der Waals surface area (Å²) in [6.07, 6.45) is 1.18. The maximum Gasteiger partial charge on any atom is 0.142 e. The van der Waals surface area contributed by atoms with Crippen LogP contribution in [0, 0.1) is 0 Å². The second kappa shape index (κ2) is 7.39. The first-order valence-electron chi connectivity index (χ1n) is 7.66. The van der Waals surface area contributed by atoms with Crippen LogP contribution in [0.2, 0.25) is 0 Å². The van der Waals surface area contributed by atoms with E-state index in [9.17, 15) is 0 Å². The van der Waals surface area contributed by atoms with E-state index < -0.39 is 0 Å². The van der Waals surface area contributed by atoms with Gasteiger partial charge in [0.2, 0.25) is 0 Å². The molecule has 0 radical (unpaired) electrons. The fourth-order valence-corrected chi connectivity index (χ4v) is 2.71. The molecule has 1 aromatic rings. The molecule has 1 fully saturated rings. The maximum absolute atomic E-state index is 5.76. The highest BCUT2D eigenvalue weighted by atomic mass is 16.5. The molecule has 1 aliphatic rings. The van der Waals surface area contributed by atoms with Crippen molar-refractivity contribution in [1.82, 2.24) is 5.32 Å². The lowest BCUT2D eigenvalue weighted by atomic mass is 10.2. The number of hydrogen-bond donors (Lipinski definition) is 1. The van der Waals surface area contributed by atoms with Crippen molar-refractivity contribution in [2.75, 3.05) is 37.7 Å². The lowest BCUT2D eigenvalue weighted by Gasteiger charge is -2.23. The normalized spacial score (nSPS) is 18.4. The van der Waals surface area contributed by atoms with Crippen molar-refractivity contribution in [3.05, 3.63) is 18.2 Å². The van der Waals surface area contributed by atoms with Crippen LogP contribution in [-0.4, -0.2) is 38.9 Å². The first-order valence-corrected chi connectivity index (χ1v) is 7.66. The number of nitrogens with one attached hydrogen (secondary N) is 1. The van der Waals surface area contributed by atoms with Gasteiger partial charge in [-0.05, 0) is 38.9 Å². The van der Waals surface area contributed by atoms with E-state index in [1.165, 1.54) is 6.42 Å². The lowest BCUT2D eigenvalue weighted by Crippen LogP contribution is -2.32. The van der Waals surface area contributed by atoms with Crippen molar-refractivity contribution in [1.29, 1.82) is 0 Å². The Kier molecular flexibility index (Phi) is 5.53. The lowest BCUT2D eigenvalue weighted by molar-refractivity contribution is 0.331. The van der Waals surface area contributed by atoms with Gasteiger partial charge < -0.3 is 19.7 Å². The smallest absolute Gasteiger partial charge is 0.142 e. The van der Waals surface area contributed by atoms with Gasteiger partial charge >= 0.3 is 0 Å². The first kappa shape index (κ1) is 15.0. The van der Waals surface area contributed by atoms with E-state index in [0.29, 0.717) is 19.3 Å². The molecular formula is C16H26N2O2. The molecule has 1 atom stereocenters. The van der Waals surface area contributed by atoms with Gasteiger partial charge in [0.1, 0.15) is 11.5 Å². The van der Waals surface area contributed by atoms with E-state index in [0.717, 1.165) is 36.8 Å². The summed E-state index contributed by atoms with van der Waals surface area (Å²) in [5, 5.41) is 3.52. The Bertz CT molecular complexity index is 423. The molecule has 0 saturated carbocycles. The average molecular weight is 278 g/mol. The predicted molar refractivity (Wildman–Crippen MR) is 83.1 cm³/mol. The summed E-state index contributed by atoms with van der Waals surface area (Å²) in [5.41, 5.74) is 1.15. The summed E-state index contributed by atoms with van der Waals surface area (Å²) in [6.45, 7) is 10.7. The molecule has 0 aromatic heterocycles. The SMILES string of the molecule is CCNC1CCN(c2cc(OCC)ccc2OCC)C1. The van der Waals surface area contributed by atoms with Gasteiger partial charge in [-0.3, -0.25) is 0 Å². The maximum atomic E-state index is 5.76. The fraction of sp³-hybridized carbons (Fsp3) is 0.625. The van der Waals surface area contributed by atoms with Gasteiger partial charge in [0, 0.05) is 25.2 Å². The minimum absolute atomic E-state index is 0.574. The van der Waals surface area contributed by atoms with Gasteiger partial charge in [-0.2, -0.15) is 0 Å². The summed E-state index contributed by atoms with van der Waals surface area (Å²) in [6, 6.07) is 6.67. The van der Waals surface area contributed by atoms with Crippen LogP contribution in [0.3, 0.4) is 0 Å². The summed E-state index contributed by atoms with van der Waals surface area (Å²) in [4.78, 5) is 2.39. The van der Waals surface area contributed by atoms with Crippen molar-refractivity contribution in [3.63, 3.8) is 0 Å². The van der Waals surface area contributed by atoms with E-state index in [1.807, 2.05) is 26.0 Å². The minimum atomic E-state index is 0.574. The number of ether oxygens (including phenoxy) is 2. The summed E-state index contributed by atoms with van der Waals surface area (Å²) >= 11 is 0. The van der Waals surface area contributed by atoms with Gasteiger partial charge in [0.25, 0.3) is 0 Å². The number of benzene rings is 1. The highest BCUT2D eigenvalue weighted by molar-refractivity contribution is 5.62. The van der Waals surface area contributed by atoms with Crippen molar-refractivity contribution < 1.29 is 9.47 Å². The van der Waals surface area contributed by atoms with Crippen molar-refractivity contribution in [2.45, 2.75) is 33.2 Å². The van der Waals surface area contributed by atoms with E-state index >= 15 is 0 Å². The van der Waals surface area contributed by atoms with Crippen molar-refractivity contribution in [3.8, 4) is 11.5 Å². The summed E-state index contributed by atoms with van der Waals surface area (Å²) in [7, 11) is 0. The van der Waals surface area contributed by atoms with Gasteiger partial charge in [-0.1, -0.05) is 6.92 Å². The topological polar surface area (TPSA) is 33.7 Å². The van der Waals surface area contributed by atoms with Crippen LogP contribution in [0.15, 0.2) is 18.2 Å². The molecule has 1 aliphatic heterocycles. The largest absolute Gasteiger partial charge is 0.494 e. The molecule has 0 aliphatic carbocycles. The van der Waals surface area contributed by atoms with E-state index in [1.54, 1.807) is 0 Å². The predicted octanol–water partition coefficient (Wildman–Crippen LogP) is 2.67. The fourth-order valence-electron chi connectivity index (χ4n) is 2.71. The highest BCUT2D eigenvalue weighted by Gasteiger charge is 2.24. The van der Waals surface area contributed by atoms with E-state index in [4.69, 9.17) is 9.47 Å². The van der Waals surface area contributed by atoms with E-state index in [-0.39, 0.29) is 0 Å². The standard InChI is InChI=1S/C16H26N2O2/c1-4-17-13-9-10-18(12-13)15-11-14(19-5-2)7-8-16(15)20-6-3/h7-8,11,13,17H,4-6,9-10,12H2,1-3H3. The Morgan fingerprint density at radius 2 is 2.00 bits per heavy atom. The Labute approximate surface area is 122 Å². The molecule has 4 nitrogen and oxygen atoms in total. The highest BCUT2D eigenvalue weighted by Crippen LogP contribution is 2.34. The Morgan fingerprint density at radius 1 is 1.20 bits per heavy atom. The quantitative estimate of drug-likeness (QED) is 0.831. The molecule has 1 unspecified atom stereocenters. The number of hydrogen-bond acceptors (Lipinski definition) is 4. The van der Waals surface area contributed by atoms with Crippen molar-refractivity contribution >= 4 is 5.69 Å². The molecule has 1 saturated heterocycles. The van der Waals surface area contributed by atoms with Crippen molar-refractivity contribution in [2.24, 2.45) is 0 Å². The third kappa shape index (κ3) is 3.57. The van der Waals surface area contributed by atoms with Gasteiger partial charge in [0.05, 0.1) is 18.9 Å². The Balaban J connectivity index is 2.16.